The van der Waals surface area contributed by atoms with Gasteiger partial charge in [-0.15, -0.1) is 0 Å². The second-order valence-electron chi connectivity index (χ2n) is 7.49. The van der Waals surface area contributed by atoms with Crippen LogP contribution in [0.4, 0.5) is 22.0 Å². The lowest BCUT2D eigenvalue weighted by Crippen LogP contribution is -2.05. The second kappa shape index (κ2) is 7.89. The third-order valence-electron chi connectivity index (χ3n) is 5.74. The highest BCUT2D eigenvalue weighted by Gasteiger charge is 2.30. The zero-order valence-corrected chi connectivity index (χ0v) is 17.2. The van der Waals surface area contributed by atoms with Crippen molar-refractivity contribution in [3.63, 3.8) is 0 Å². The van der Waals surface area contributed by atoms with E-state index >= 15 is 13.2 Å². The van der Waals surface area contributed by atoms with E-state index in [0.29, 0.717) is 21.9 Å². The molecule has 6 heteroatoms. The zero-order chi connectivity index (χ0) is 23.3. The first-order valence-electron chi connectivity index (χ1n) is 10.0. The molecule has 1 nitrogen and oxygen atoms in total. The predicted octanol–water partition coefficient (Wildman–Crippen LogP) is 8.03. The molecule has 0 radical (unpaired) electrons. The minimum atomic E-state index is -1.66. The van der Waals surface area contributed by atoms with Gasteiger partial charge in [0, 0.05) is 16.5 Å². The third kappa shape index (κ3) is 3.05. The van der Waals surface area contributed by atoms with Crippen LogP contribution >= 0.6 is 0 Å². The molecule has 0 bridgehead atoms. The molecule has 164 valence electrons. The van der Waals surface area contributed by atoms with E-state index in [-0.39, 0.29) is 16.3 Å². The molecule has 33 heavy (non-hydrogen) atoms. The van der Waals surface area contributed by atoms with Gasteiger partial charge in [-0.05, 0) is 27.8 Å². The Kier molecular flexibility index (Phi) is 5.01. The van der Waals surface area contributed by atoms with E-state index in [1.54, 1.807) is 48.5 Å². The summed E-state index contributed by atoms with van der Waals surface area (Å²) in [6.45, 7) is 0. The van der Waals surface area contributed by atoms with E-state index in [0.717, 1.165) is 7.11 Å². The van der Waals surface area contributed by atoms with Crippen molar-refractivity contribution < 1.29 is 26.7 Å². The predicted molar refractivity (Wildman–Crippen MR) is 119 cm³/mol. The largest absolute Gasteiger partial charge is 0.491 e. The number of hydrogen-bond acceptors (Lipinski definition) is 1. The molecular formula is C27H15F5O. The fraction of sp³-hybridized carbons (Fsp3) is 0.0370. The van der Waals surface area contributed by atoms with Gasteiger partial charge in [-0.2, -0.15) is 8.78 Å². The molecule has 0 aromatic heterocycles. The smallest absolute Gasteiger partial charge is 0.204 e. The van der Waals surface area contributed by atoms with Crippen molar-refractivity contribution in [2.75, 3.05) is 7.11 Å². The van der Waals surface area contributed by atoms with Gasteiger partial charge in [-0.3, -0.25) is 0 Å². The number of methoxy groups -OCH3 is 1. The molecule has 0 spiro atoms. The first-order valence-corrected chi connectivity index (χ1v) is 10.0. The van der Waals surface area contributed by atoms with E-state index in [4.69, 9.17) is 0 Å². The number of benzene rings is 5. The Morgan fingerprint density at radius 2 is 1.06 bits per heavy atom. The second-order valence-corrected chi connectivity index (χ2v) is 7.49. The van der Waals surface area contributed by atoms with Gasteiger partial charge in [-0.25, -0.2) is 13.2 Å². The normalized spacial score (nSPS) is 11.3. The van der Waals surface area contributed by atoms with Gasteiger partial charge in [0.25, 0.3) is 0 Å². The molecule has 0 aliphatic heterocycles. The molecule has 0 aliphatic rings. The van der Waals surface area contributed by atoms with Crippen molar-refractivity contribution in [2.45, 2.75) is 0 Å². The van der Waals surface area contributed by atoms with Crippen LogP contribution in [0.25, 0.3) is 43.8 Å². The lowest BCUT2D eigenvalue weighted by atomic mass is 9.85. The van der Waals surface area contributed by atoms with Crippen molar-refractivity contribution in [1.82, 2.24) is 0 Å². The Morgan fingerprint density at radius 3 is 1.67 bits per heavy atom. The summed E-state index contributed by atoms with van der Waals surface area (Å²) in [7, 11) is 0.912. The van der Waals surface area contributed by atoms with E-state index in [2.05, 4.69) is 4.74 Å². The molecule has 0 unspecified atom stereocenters. The first kappa shape index (κ1) is 20.9. The topological polar surface area (TPSA) is 9.23 Å². The monoisotopic (exact) mass is 450 g/mol. The summed E-state index contributed by atoms with van der Waals surface area (Å²) in [5.74, 6) is -8.34. The highest BCUT2D eigenvalue weighted by atomic mass is 19.2. The molecular weight excluding hydrogens is 435 g/mol. The average molecular weight is 450 g/mol. The maximum Gasteiger partial charge on any atom is 0.204 e. The highest BCUT2D eigenvalue weighted by Crippen LogP contribution is 2.47. The minimum Gasteiger partial charge on any atom is -0.491 e. The van der Waals surface area contributed by atoms with Crippen LogP contribution in [0.1, 0.15) is 0 Å². The molecule has 5 aromatic carbocycles. The zero-order valence-electron chi connectivity index (χ0n) is 17.2. The summed E-state index contributed by atoms with van der Waals surface area (Å²) in [5, 5.41) is 1.00. The maximum absolute atomic E-state index is 15.3. The SMILES string of the molecule is COc1c(F)c(F)c(-c2c3ccccc3c(-c3ccccc3)c3c(F)cccc23)c(F)c1F. The summed E-state index contributed by atoms with van der Waals surface area (Å²) in [6, 6.07) is 19.7. The van der Waals surface area contributed by atoms with E-state index in [9.17, 15) is 8.78 Å². The Bertz CT molecular complexity index is 1520. The quantitative estimate of drug-likeness (QED) is 0.154. The van der Waals surface area contributed by atoms with E-state index in [1.165, 1.54) is 18.2 Å². The number of hydrogen-bond donors (Lipinski definition) is 0. The Morgan fingerprint density at radius 1 is 0.515 bits per heavy atom. The lowest BCUT2D eigenvalue weighted by Gasteiger charge is -2.19. The molecule has 0 saturated carbocycles. The van der Waals surface area contributed by atoms with E-state index in [1.807, 2.05) is 6.07 Å². The van der Waals surface area contributed by atoms with Crippen LogP contribution in [0.15, 0.2) is 72.8 Å². The van der Waals surface area contributed by atoms with Gasteiger partial charge in [0.05, 0.1) is 12.7 Å². The van der Waals surface area contributed by atoms with Crippen molar-refractivity contribution in [3.05, 3.63) is 102 Å². The number of halogens is 5. The average Bonchev–Trinajstić information content (AvgIpc) is 2.84. The van der Waals surface area contributed by atoms with Crippen molar-refractivity contribution >= 4 is 21.5 Å². The van der Waals surface area contributed by atoms with Gasteiger partial charge in [0.2, 0.25) is 11.6 Å². The molecule has 0 heterocycles. The Labute approximate surface area is 185 Å². The van der Waals surface area contributed by atoms with Crippen LogP contribution in [0, 0.1) is 29.1 Å². The molecule has 0 atom stereocenters. The van der Waals surface area contributed by atoms with Gasteiger partial charge in [0.1, 0.15) is 5.82 Å². The van der Waals surface area contributed by atoms with Gasteiger partial charge < -0.3 is 4.74 Å². The van der Waals surface area contributed by atoms with Gasteiger partial charge in [-0.1, -0.05) is 66.7 Å². The van der Waals surface area contributed by atoms with E-state index < -0.39 is 40.4 Å². The number of ether oxygens (including phenoxy) is 1. The fourth-order valence-corrected chi connectivity index (χ4v) is 4.37. The van der Waals surface area contributed by atoms with Crippen LogP contribution in [-0.4, -0.2) is 7.11 Å². The molecule has 0 amide bonds. The van der Waals surface area contributed by atoms with Crippen LogP contribution < -0.4 is 4.74 Å². The summed E-state index contributed by atoms with van der Waals surface area (Å²) < 4.78 is 79.5. The third-order valence-corrected chi connectivity index (χ3v) is 5.74. The first-order chi connectivity index (χ1) is 16.0. The Balaban J connectivity index is 2.06. The molecule has 0 fully saturated rings. The lowest BCUT2D eigenvalue weighted by molar-refractivity contribution is 0.334. The molecule has 5 aromatic rings. The molecule has 0 saturated heterocycles. The summed E-state index contributed by atoms with van der Waals surface area (Å²) in [6.07, 6.45) is 0. The van der Waals surface area contributed by atoms with Crippen molar-refractivity contribution in [1.29, 1.82) is 0 Å². The molecule has 0 N–H and O–H groups in total. The van der Waals surface area contributed by atoms with Crippen molar-refractivity contribution in [2.24, 2.45) is 0 Å². The van der Waals surface area contributed by atoms with Crippen LogP contribution in [0.5, 0.6) is 5.75 Å². The van der Waals surface area contributed by atoms with Crippen LogP contribution in [0.2, 0.25) is 0 Å². The standard InChI is InChI=1S/C27H15F5O/c1-33-27-25(31)23(29)22(24(30)26(27)32)20-16-11-6-5-10-15(16)19(14-8-3-2-4-9-14)21-17(20)12-7-13-18(21)28/h2-13H,1H3. The summed E-state index contributed by atoms with van der Waals surface area (Å²) in [4.78, 5) is 0. The number of fused-ring (bicyclic) bond motifs is 2. The number of rotatable bonds is 3. The summed E-state index contributed by atoms with van der Waals surface area (Å²) in [5.41, 5.74) is 0.133. The minimum absolute atomic E-state index is 0.0906. The molecule has 0 aliphatic carbocycles. The summed E-state index contributed by atoms with van der Waals surface area (Å²) >= 11 is 0. The fourth-order valence-electron chi connectivity index (χ4n) is 4.37. The highest BCUT2D eigenvalue weighted by molar-refractivity contribution is 6.21. The van der Waals surface area contributed by atoms with Crippen LogP contribution in [0.3, 0.4) is 0 Å². The molecule has 5 rings (SSSR count). The maximum atomic E-state index is 15.3. The Hall–Kier alpha value is -3.93. The van der Waals surface area contributed by atoms with Crippen molar-refractivity contribution in [3.8, 4) is 28.0 Å². The van der Waals surface area contributed by atoms with Gasteiger partial charge >= 0.3 is 0 Å². The van der Waals surface area contributed by atoms with Gasteiger partial charge in [0.15, 0.2) is 17.4 Å². The van der Waals surface area contributed by atoms with Crippen LogP contribution in [-0.2, 0) is 0 Å².